The van der Waals surface area contributed by atoms with Crippen LogP contribution >= 0.6 is 0 Å². The van der Waals surface area contributed by atoms with Gasteiger partial charge in [-0.3, -0.25) is 9.89 Å². The van der Waals surface area contributed by atoms with E-state index in [1.807, 2.05) is 51.1 Å². The highest BCUT2D eigenvalue weighted by Gasteiger charge is 2.18. The molecule has 0 aliphatic rings. The van der Waals surface area contributed by atoms with Gasteiger partial charge in [-0.2, -0.15) is 5.10 Å². The third-order valence-electron chi connectivity index (χ3n) is 4.06. The van der Waals surface area contributed by atoms with E-state index in [9.17, 15) is 9.90 Å². The number of aryl methyl sites for hydroxylation is 2. The average molecular weight is 315 g/mol. The van der Waals surface area contributed by atoms with Gasteiger partial charge in [0.1, 0.15) is 0 Å². The van der Waals surface area contributed by atoms with E-state index in [1.54, 1.807) is 0 Å². The predicted molar refractivity (Wildman–Crippen MR) is 90.1 cm³/mol. The van der Waals surface area contributed by atoms with Gasteiger partial charge in [-0.05, 0) is 31.4 Å². The number of rotatable bonds is 7. The molecule has 0 bridgehead atoms. The van der Waals surface area contributed by atoms with Gasteiger partial charge in [-0.15, -0.1) is 0 Å². The topological polar surface area (TPSA) is 78.0 Å². The summed E-state index contributed by atoms with van der Waals surface area (Å²) < 4.78 is 0. The second-order valence-electron chi connectivity index (χ2n) is 6.11. The Balaban J connectivity index is 1.80. The number of nitrogens with zero attached hydrogens (tertiary/aromatic N) is 1. The highest BCUT2D eigenvalue weighted by Crippen LogP contribution is 2.15. The van der Waals surface area contributed by atoms with E-state index in [2.05, 4.69) is 15.5 Å². The fourth-order valence-electron chi connectivity index (χ4n) is 2.62. The van der Waals surface area contributed by atoms with E-state index < -0.39 is 6.10 Å². The van der Waals surface area contributed by atoms with E-state index in [0.29, 0.717) is 12.8 Å². The molecule has 3 N–H and O–H groups in total. The second-order valence-corrected chi connectivity index (χ2v) is 6.11. The monoisotopic (exact) mass is 315 g/mol. The number of aromatic nitrogens is 2. The molecule has 5 nitrogen and oxygen atoms in total. The minimum Gasteiger partial charge on any atom is -0.391 e. The molecule has 0 saturated heterocycles. The van der Waals surface area contributed by atoms with Gasteiger partial charge in [0, 0.05) is 24.6 Å². The van der Waals surface area contributed by atoms with Crippen molar-refractivity contribution in [3.63, 3.8) is 0 Å². The van der Waals surface area contributed by atoms with E-state index in [4.69, 9.17) is 0 Å². The molecule has 0 aliphatic heterocycles. The zero-order chi connectivity index (χ0) is 16.8. The highest BCUT2D eigenvalue weighted by atomic mass is 16.3. The molecular weight excluding hydrogens is 290 g/mol. The highest BCUT2D eigenvalue weighted by molar-refractivity contribution is 5.78. The molecule has 1 aromatic carbocycles. The fraction of sp³-hybridized carbons (Fsp3) is 0.444. The number of benzene rings is 1. The van der Waals surface area contributed by atoms with Crippen molar-refractivity contribution >= 4 is 5.91 Å². The summed E-state index contributed by atoms with van der Waals surface area (Å²) in [6.45, 7) is 6.06. The minimum absolute atomic E-state index is 0.0443. The Bertz CT molecular complexity index is 617. The van der Waals surface area contributed by atoms with Crippen LogP contribution in [-0.2, 0) is 17.6 Å². The number of aliphatic hydroxyl groups excluding tert-OH is 1. The molecule has 2 atom stereocenters. The Kier molecular flexibility index (Phi) is 5.93. The molecule has 1 amide bonds. The lowest BCUT2D eigenvalue weighted by atomic mass is 9.99. The minimum atomic E-state index is -0.578. The van der Waals surface area contributed by atoms with Gasteiger partial charge < -0.3 is 10.4 Å². The SMILES string of the molecule is Cc1n[nH]c(C)c1C[C@@H](C)C(=O)NC[C@H](O)Cc1ccccc1. The molecule has 0 fully saturated rings. The molecule has 23 heavy (non-hydrogen) atoms. The largest absolute Gasteiger partial charge is 0.391 e. The van der Waals surface area contributed by atoms with Gasteiger partial charge in [0.25, 0.3) is 0 Å². The number of hydrogen-bond acceptors (Lipinski definition) is 3. The summed E-state index contributed by atoms with van der Waals surface area (Å²) in [4.78, 5) is 12.2. The maximum atomic E-state index is 12.2. The molecule has 0 spiro atoms. The normalized spacial score (nSPS) is 13.6. The van der Waals surface area contributed by atoms with Gasteiger partial charge in [-0.1, -0.05) is 37.3 Å². The molecule has 1 heterocycles. The van der Waals surface area contributed by atoms with Gasteiger partial charge in [0.2, 0.25) is 5.91 Å². The molecule has 0 aliphatic carbocycles. The molecular formula is C18H25N3O2. The third kappa shape index (κ3) is 4.93. The molecule has 0 radical (unpaired) electrons. The van der Waals surface area contributed by atoms with Crippen molar-refractivity contribution in [3.05, 3.63) is 52.8 Å². The summed E-state index contributed by atoms with van der Waals surface area (Å²) in [5.41, 5.74) is 4.10. The second kappa shape index (κ2) is 7.92. The van der Waals surface area contributed by atoms with Crippen LogP contribution in [0.15, 0.2) is 30.3 Å². The van der Waals surface area contributed by atoms with Crippen LogP contribution in [-0.4, -0.2) is 33.9 Å². The molecule has 1 aromatic heterocycles. The Labute approximate surface area is 137 Å². The van der Waals surface area contributed by atoms with Crippen LogP contribution < -0.4 is 5.32 Å². The molecule has 0 saturated carbocycles. The quantitative estimate of drug-likeness (QED) is 0.730. The zero-order valence-corrected chi connectivity index (χ0v) is 14.0. The summed E-state index contributed by atoms with van der Waals surface area (Å²) in [7, 11) is 0. The van der Waals surface area contributed by atoms with Crippen molar-refractivity contribution in [2.24, 2.45) is 5.92 Å². The van der Waals surface area contributed by atoms with Crippen LogP contribution in [0.25, 0.3) is 0 Å². The van der Waals surface area contributed by atoms with Crippen LogP contribution in [0.2, 0.25) is 0 Å². The standard InChI is InChI=1S/C18H25N3O2/c1-12(9-17-13(2)20-21-14(17)3)18(23)19-11-16(22)10-15-7-5-4-6-8-15/h4-8,12,16,22H,9-11H2,1-3H3,(H,19,23)(H,20,21)/t12-,16-/m1/s1. The van der Waals surface area contributed by atoms with Crippen molar-refractivity contribution in [2.45, 2.75) is 39.7 Å². The fourth-order valence-corrected chi connectivity index (χ4v) is 2.62. The van der Waals surface area contributed by atoms with Gasteiger partial charge in [0.05, 0.1) is 11.8 Å². The van der Waals surface area contributed by atoms with Gasteiger partial charge in [0.15, 0.2) is 0 Å². The Morgan fingerprint density at radius 1 is 1.26 bits per heavy atom. The van der Waals surface area contributed by atoms with E-state index >= 15 is 0 Å². The average Bonchev–Trinajstić information content (AvgIpc) is 2.85. The van der Waals surface area contributed by atoms with E-state index in [1.165, 1.54) is 0 Å². The van der Waals surface area contributed by atoms with Crippen molar-refractivity contribution in [1.29, 1.82) is 0 Å². The first-order valence-electron chi connectivity index (χ1n) is 7.97. The van der Waals surface area contributed by atoms with Crippen molar-refractivity contribution in [3.8, 4) is 0 Å². The lowest BCUT2D eigenvalue weighted by molar-refractivity contribution is -0.124. The van der Waals surface area contributed by atoms with Crippen molar-refractivity contribution in [1.82, 2.24) is 15.5 Å². The number of amides is 1. The van der Waals surface area contributed by atoms with Crippen LogP contribution in [0.5, 0.6) is 0 Å². The van der Waals surface area contributed by atoms with Gasteiger partial charge in [-0.25, -0.2) is 0 Å². The summed E-state index contributed by atoms with van der Waals surface area (Å²) in [6, 6.07) is 9.77. The summed E-state index contributed by atoms with van der Waals surface area (Å²) in [5, 5.41) is 20.0. The maximum Gasteiger partial charge on any atom is 0.223 e. The summed E-state index contributed by atoms with van der Waals surface area (Å²) in [5.74, 6) is -0.203. The van der Waals surface area contributed by atoms with Gasteiger partial charge >= 0.3 is 0 Å². The number of aromatic amines is 1. The van der Waals surface area contributed by atoms with Crippen LogP contribution in [0, 0.1) is 19.8 Å². The number of H-pyrrole nitrogens is 1. The van der Waals surface area contributed by atoms with Crippen molar-refractivity contribution in [2.75, 3.05) is 6.54 Å². The molecule has 2 rings (SSSR count). The zero-order valence-electron chi connectivity index (χ0n) is 14.0. The third-order valence-corrected chi connectivity index (χ3v) is 4.06. The van der Waals surface area contributed by atoms with Crippen LogP contribution in [0.4, 0.5) is 0 Å². The first-order chi connectivity index (χ1) is 11.0. The van der Waals surface area contributed by atoms with Crippen LogP contribution in [0.1, 0.15) is 29.4 Å². The van der Waals surface area contributed by atoms with Crippen molar-refractivity contribution < 1.29 is 9.90 Å². The number of carbonyl (C=O) groups is 1. The molecule has 2 aromatic rings. The van der Waals surface area contributed by atoms with Crippen LogP contribution in [0.3, 0.4) is 0 Å². The lowest BCUT2D eigenvalue weighted by Crippen LogP contribution is -2.37. The summed E-state index contributed by atoms with van der Waals surface area (Å²) in [6.07, 6.45) is 0.607. The van der Waals surface area contributed by atoms with E-state index in [0.717, 1.165) is 22.5 Å². The maximum absolute atomic E-state index is 12.2. The molecule has 0 unspecified atom stereocenters. The number of aliphatic hydroxyl groups is 1. The Morgan fingerprint density at radius 2 is 1.96 bits per heavy atom. The smallest absolute Gasteiger partial charge is 0.223 e. The Hall–Kier alpha value is -2.14. The lowest BCUT2D eigenvalue weighted by Gasteiger charge is -2.15. The van der Waals surface area contributed by atoms with E-state index in [-0.39, 0.29) is 18.4 Å². The number of nitrogens with one attached hydrogen (secondary N) is 2. The first-order valence-corrected chi connectivity index (χ1v) is 7.97. The Morgan fingerprint density at radius 3 is 2.57 bits per heavy atom. The number of hydrogen-bond donors (Lipinski definition) is 3. The molecule has 124 valence electrons. The summed E-state index contributed by atoms with van der Waals surface area (Å²) >= 11 is 0. The predicted octanol–water partition coefficient (Wildman–Crippen LogP) is 1.92. The number of carbonyl (C=O) groups excluding carboxylic acids is 1. The first kappa shape index (κ1) is 17.2. The molecule has 5 heteroatoms.